The predicted molar refractivity (Wildman–Crippen MR) is 64.9 cm³/mol. The summed E-state index contributed by atoms with van der Waals surface area (Å²) in [6, 6.07) is 0.800. The first-order valence-corrected chi connectivity index (χ1v) is 7.26. The van der Waals surface area contributed by atoms with E-state index in [0.717, 1.165) is 17.2 Å². The maximum atomic E-state index is 3.79. The van der Waals surface area contributed by atoms with Gasteiger partial charge in [-0.1, -0.05) is 19.8 Å². The predicted octanol–water partition coefficient (Wildman–Crippen LogP) is 3.05. The van der Waals surface area contributed by atoms with Crippen LogP contribution in [0.4, 0.5) is 0 Å². The third kappa shape index (κ3) is 2.90. The third-order valence-corrected chi connectivity index (χ3v) is 5.13. The zero-order chi connectivity index (χ0) is 9.80. The Bertz CT molecular complexity index is 166. The van der Waals surface area contributed by atoms with Gasteiger partial charge in [-0.25, -0.2) is 0 Å². The molecule has 0 radical (unpaired) electrons. The lowest BCUT2D eigenvalue weighted by molar-refractivity contribution is 0.405. The molecule has 0 aromatic rings. The molecule has 2 aliphatic rings. The molecule has 0 bridgehead atoms. The second kappa shape index (κ2) is 5.41. The van der Waals surface area contributed by atoms with Crippen LogP contribution in [0.15, 0.2) is 0 Å². The van der Waals surface area contributed by atoms with Gasteiger partial charge in [0.1, 0.15) is 0 Å². The van der Waals surface area contributed by atoms with E-state index >= 15 is 0 Å². The normalized spacial score (nSPS) is 34.9. The summed E-state index contributed by atoms with van der Waals surface area (Å²) in [5.41, 5.74) is 0. The molecule has 1 saturated heterocycles. The Morgan fingerprint density at radius 3 is 2.64 bits per heavy atom. The van der Waals surface area contributed by atoms with Crippen LogP contribution in [-0.2, 0) is 0 Å². The van der Waals surface area contributed by atoms with Crippen LogP contribution in [-0.4, -0.2) is 23.6 Å². The summed E-state index contributed by atoms with van der Waals surface area (Å²) in [6.45, 7) is 3.67. The Morgan fingerprint density at radius 1 is 1.14 bits per heavy atom. The molecule has 0 spiro atoms. The Morgan fingerprint density at radius 2 is 1.93 bits per heavy atom. The second-order valence-electron chi connectivity index (χ2n) is 4.88. The fourth-order valence-corrected chi connectivity index (χ4v) is 3.89. The fraction of sp³-hybridized carbons (Fsp3) is 1.00. The monoisotopic (exact) mass is 213 g/mol. The molecule has 14 heavy (non-hydrogen) atoms. The summed E-state index contributed by atoms with van der Waals surface area (Å²) in [5.74, 6) is 2.37. The average Bonchev–Trinajstić information content (AvgIpc) is 2.69. The first-order valence-electron chi connectivity index (χ1n) is 6.21. The smallest absolute Gasteiger partial charge is 0.0184 e. The third-order valence-electron chi connectivity index (χ3n) is 3.75. The number of nitrogens with one attached hydrogen (secondary N) is 1. The Balaban J connectivity index is 1.67. The van der Waals surface area contributed by atoms with Gasteiger partial charge in [-0.05, 0) is 43.9 Å². The van der Waals surface area contributed by atoms with Crippen LogP contribution in [0.3, 0.4) is 0 Å². The van der Waals surface area contributed by atoms with Crippen molar-refractivity contribution >= 4 is 11.8 Å². The Hall–Kier alpha value is 0.310. The average molecular weight is 213 g/mol. The van der Waals surface area contributed by atoms with Crippen molar-refractivity contribution in [2.75, 3.05) is 12.3 Å². The van der Waals surface area contributed by atoms with E-state index in [1.54, 1.807) is 0 Å². The molecule has 1 aliphatic heterocycles. The van der Waals surface area contributed by atoms with Crippen molar-refractivity contribution in [3.8, 4) is 0 Å². The van der Waals surface area contributed by atoms with Crippen molar-refractivity contribution in [2.24, 2.45) is 5.92 Å². The molecule has 2 unspecified atom stereocenters. The summed E-state index contributed by atoms with van der Waals surface area (Å²) in [7, 11) is 0. The molecule has 1 N–H and O–H groups in total. The maximum absolute atomic E-state index is 3.79. The molecule has 1 nitrogen and oxygen atoms in total. The topological polar surface area (TPSA) is 12.0 Å². The van der Waals surface area contributed by atoms with E-state index in [1.165, 1.54) is 50.8 Å². The molecule has 0 aromatic carbocycles. The molecule has 2 heteroatoms. The first kappa shape index (κ1) is 10.8. The highest BCUT2D eigenvalue weighted by Crippen LogP contribution is 2.27. The minimum Gasteiger partial charge on any atom is -0.313 e. The first-order chi connectivity index (χ1) is 6.86. The molecule has 2 rings (SSSR count). The van der Waals surface area contributed by atoms with Gasteiger partial charge in [-0.3, -0.25) is 0 Å². The van der Waals surface area contributed by atoms with E-state index < -0.39 is 0 Å². The van der Waals surface area contributed by atoms with Gasteiger partial charge in [0.2, 0.25) is 0 Å². The molecule has 1 heterocycles. The van der Waals surface area contributed by atoms with Gasteiger partial charge in [0.05, 0.1) is 0 Å². The zero-order valence-electron chi connectivity index (χ0n) is 9.30. The molecule has 1 saturated carbocycles. The van der Waals surface area contributed by atoms with Crippen molar-refractivity contribution < 1.29 is 0 Å². The lowest BCUT2D eigenvalue weighted by Gasteiger charge is -2.30. The van der Waals surface area contributed by atoms with Gasteiger partial charge in [-0.2, -0.15) is 11.8 Å². The number of hydrogen-bond donors (Lipinski definition) is 1. The highest BCUT2D eigenvalue weighted by atomic mass is 32.2. The summed E-state index contributed by atoms with van der Waals surface area (Å²) in [6.07, 6.45) is 8.71. The van der Waals surface area contributed by atoms with Crippen molar-refractivity contribution in [1.29, 1.82) is 0 Å². The minimum absolute atomic E-state index is 0.800. The van der Waals surface area contributed by atoms with Gasteiger partial charge in [0.25, 0.3) is 0 Å². The molecule has 0 amide bonds. The van der Waals surface area contributed by atoms with E-state index in [1.807, 2.05) is 0 Å². The van der Waals surface area contributed by atoms with Crippen molar-refractivity contribution in [3.63, 3.8) is 0 Å². The van der Waals surface area contributed by atoms with Gasteiger partial charge >= 0.3 is 0 Å². The van der Waals surface area contributed by atoms with Crippen LogP contribution in [0.1, 0.15) is 45.4 Å². The van der Waals surface area contributed by atoms with Crippen LogP contribution < -0.4 is 5.32 Å². The van der Waals surface area contributed by atoms with Crippen molar-refractivity contribution in [1.82, 2.24) is 5.32 Å². The van der Waals surface area contributed by atoms with E-state index in [4.69, 9.17) is 0 Å². The molecule has 2 atom stereocenters. The Kier molecular flexibility index (Phi) is 4.18. The van der Waals surface area contributed by atoms with Gasteiger partial charge in [-0.15, -0.1) is 0 Å². The summed E-state index contributed by atoms with van der Waals surface area (Å²) in [4.78, 5) is 0. The van der Waals surface area contributed by atoms with Crippen LogP contribution in [0.25, 0.3) is 0 Å². The molecule has 1 aliphatic carbocycles. The lowest BCUT2D eigenvalue weighted by Crippen LogP contribution is -2.41. The van der Waals surface area contributed by atoms with Gasteiger partial charge in [0.15, 0.2) is 0 Å². The SMILES string of the molecule is CC1SCCCC1NCC1CCCC1. The molecule has 2 fully saturated rings. The van der Waals surface area contributed by atoms with Crippen molar-refractivity contribution in [2.45, 2.75) is 56.7 Å². The summed E-state index contributed by atoms with van der Waals surface area (Å²) >= 11 is 2.15. The van der Waals surface area contributed by atoms with E-state index in [9.17, 15) is 0 Å². The maximum Gasteiger partial charge on any atom is 0.0184 e. The molecule has 0 aromatic heterocycles. The number of thioether (sulfide) groups is 1. The van der Waals surface area contributed by atoms with E-state index in [2.05, 4.69) is 24.0 Å². The second-order valence-corrected chi connectivity index (χ2v) is 6.37. The van der Waals surface area contributed by atoms with Crippen molar-refractivity contribution in [3.05, 3.63) is 0 Å². The standard InChI is InChI=1S/C12H23NS/c1-10-12(7-4-8-14-10)13-9-11-5-2-3-6-11/h10-13H,2-9H2,1H3. The highest BCUT2D eigenvalue weighted by molar-refractivity contribution is 7.99. The van der Waals surface area contributed by atoms with E-state index in [0.29, 0.717) is 0 Å². The summed E-state index contributed by atoms with van der Waals surface area (Å²) in [5, 5.41) is 4.63. The Labute approximate surface area is 92.4 Å². The van der Waals surface area contributed by atoms with Crippen LogP contribution in [0.2, 0.25) is 0 Å². The van der Waals surface area contributed by atoms with Crippen LogP contribution in [0, 0.1) is 5.92 Å². The molecular formula is C12H23NS. The van der Waals surface area contributed by atoms with Crippen LogP contribution in [0.5, 0.6) is 0 Å². The highest BCUT2D eigenvalue weighted by Gasteiger charge is 2.23. The largest absolute Gasteiger partial charge is 0.313 e. The quantitative estimate of drug-likeness (QED) is 0.773. The minimum atomic E-state index is 0.800. The lowest BCUT2D eigenvalue weighted by atomic mass is 10.1. The van der Waals surface area contributed by atoms with Gasteiger partial charge < -0.3 is 5.32 Å². The number of hydrogen-bond acceptors (Lipinski definition) is 2. The fourth-order valence-electron chi connectivity index (χ4n) is 2.72. The van der Waals surface area contributed by atoms with Gasteiger partial charge in [0, 0.05) is 11.3 Å². The molecular weight excluding hydrogens is 190 g/mol. The number of rotatable bonds is 3. The van der Waals surface area contributed by atoms with Crippen LogP contribution >= 0.6 is 11.8 Å². The summed E-state index contributed by atoms with van der Waals surface area (Å²) < 4.78 is 0. The molecule has 82 valence electrons. The zero-order valence-corrected chi connectivity index (χ0v) is 10.1. The van der Waals surface area contributed by atoms with E-state index in [-0.39, 0.29) is 0 Å².